The van der Waals surface area contributed by atoms with Crippen molar-refractivity contribution in [3.05, 3.63) is 42.4 Å². The summed E-state index contributed by atoms with van der Waals surface area (Å²) in [5.41, 5.74) is 0.593. The second-order valence-electron chi connectivity index (χ2n) is 4.48. The molecule has 0 fully saturated rings. The molecule has 1 aromatic carbocycles. The summed E-state index contributed by atoms with van der Waals surface area (Å²) < 4.78 is 41.4. The van der Waals surface area contributed by atoms with Crippen LogP contribution in [0, 0.1) is 0 Å². The fourth-order valence-corrected chi connectivity index (χ4v) is 2.19. The van der Waals surface area contributed by atoms with Gasteiger partial charge in [0.05, 0.1) is 17.3 Å². The van der Waals surface area contributed by atoms with Crippen LogP contribution in [0.1, 0.15) is 5.82 Å². The number of hydrogen-bond acceptors (Lipinski definition) is 5. The molecule has 7 nitrogen and oxygen atoms in total. The van der Waals surface area contributed by atoms with Crippen LogP contribution in [0.2, 0.25) is 0 Å². The third kappa shape index (κ3) is 1.73. The van der Waals surface area contributed by atoms with Gasteiger partial charge < -0.3 is 0 Å². The number of para-hydroxylation sites is 1. The second kappa shape index (κ2) is 4.23. The topological polar surface area (TPSA) is 73.8 Å². The van der Waals surface area contributed by atoms with Gasteiger partial charge in [-0.25, -0.2) is 9.67 Å². The molecule has 0 aliphatic rings. The number of aromatic nitrogens is 7. The molecule has 0 spiro atoms. The number of tetrazole rings is 1. The van der Waals surface area contributed by atoms with Crippen molar-refractivity contribution in [1.82, 2.24) is 34.8 Å². The van der Waals surface area contributed by atoms with Crippen molar-refractivity contribution >= 4 is 16.7 Å². The number of benzene rings is 1. The minimum absolute atomic E-state index is 0.0421. The van der Waals surface area contributed by atoms with Gasteiger partial charge in [0, 0.05) is 0 Å². The first-order valence-corrected chi connectivity index (χ1v) is 6.14. The van der Waals surface area contributed by atoms with Crippen molar-refractivity contribution in [2.45, 2.75) is 6.18 Å². The molecule has 0 amide bonds. The van der Waals surface area contributed by atoms with Gasteiger partial charge in [-0.15, -0.1) is 5.10 Å². The van der Waals surface area contributed by atoms with Crippen molar-refractivity contribution in [2.24, 2.45) is 0 Å². The summed E-state index contributed by atoms with van der Waals surface area (Å²) >= 11 is 0. The lowest BCUT2D eigenvalue weighted by Gasteiger charge is -2.08. The summed E-state index contributed by atoms with van der Waals surface area (Å²) in [7, 11) is 0. The number of halogens is 3. The van der Waals surface area contributed by atoms with Crippen LogP contribution in [0.15, 0.2) is 36.5 Å². The Kier molecular flexibility index (Phi) is 2.44. The van der Waals surface area contributed by atoms with Crippen molar-refractivity contribution in [3.8, 4) is 5.69 Å². The molecule has 3 aromatic heterocycles. The minimum Gasteiger partial charge on any atom is -0.215 e. The smallest absolute Gasteiger partial charge is 0.215 e. The van der Waals surface area contributed by atoms with Crippen molar-refractivity contribution in [3.63, 3.8) is 0 Å². The average molecular weight is 305 g/mol. The number of rotatable bonds is 1. The Hall–Kier alpha value is -3.04. The lowest BCUT2D eigenvalue weighted by Crippen LogP contribution is -2.16. The molecule has 0 bridgehead atoms. The van der Waals surface area contributed by atoms with E-state index in [1.165, 1.54) is 10.9 Å². The van der Waals surface area contributed by atoms with E-state index >= 15 is 0 Å². The number of alkyl halides is 3. The number of fused-ring (bicyclic) bond motifs is 3. The van der Waals surface area contributed by atoms with Gasteiger partial charge in [0.25, 0.3) is 0 Å². The molecule has 4 rings (SSSR count). The quantitative estimate of drug-likeness (QED) is 0.537. The SMILES string of the molecule is FC(F)(F)c1nc2c(cnn2-c2ccccc2)c2nnnn12. The summed E-state index contributed by atoms with van der Waals surface area (Å²) in [5, 5.41) is 14.7. The third-order valence-corrected chi connectivity index (χ3v) is 3.12. The van der Waals surface area contributed by atoms with E-state index in [0.29, 0.717) is 15.6 Å². The van der Waals surface area contributed by atoms with Crippen LogP contribution in [0.25, 0.3) is 22.4 Å². The molecule has 22 heavy (non-hydrogen) atoms. The van der Waals surface area contributed by atoms with Crippen LogP contribution in [0.5, 0.6) is 0 Å². The van der Waals surface area contributed by atoms with E-state index in [1.54, 1.807) is 30.3 Å². The Labute approximate surface area is 120 Å². The molecule has 0 unspecified atom stereocenters. The van der Waals surface area contributed by atoms with E-state index in [1.807, 2.05) is 0 Å². The third-order valence-electron chi connectivity index (χ3n) is 3.12. The van der Waals surface area contributed by atoms with Crippen molar-refractivity contribution in [1.29, 1.82) is 0 Å². The molecule has 110 valence electrons. The summed E-state index contributed by atoms with van der Waals surface area (Å²) in [6.07, 6.45) is -3.30. The first-order valence-electron chi connectivity index (χ1n) is 6.14. The summed E-state index contributed by atoms with van der Waals surface area (Å²) in [6, 6.07) is 8.74. The summed E-state index contributed by atoms with van der Waals surface area (Å²) in [4.78, 5) is 3.68. The van der Waals surface area contributed by atoms with Gasteiger partial charge in [-0.1, -0.05) is 18.2 Å². The Morgan fingerprint density at radius 2 is 1.77 bits per heavy atom. The Morgan fingerprint density at radius 3 is 2.50 bits per heavy atom. The Bertz CT molecular complexity index is 971. The fourth-order valence-electron chi connectivity index (χ4n) is 2.19. The van der Waals surface area contributed by atoms with Gasteiger partial charge in [-0.2, -0.15) is 22.8 Å². The van der Waals surface area contributed by atoms with Gasteiger partial charge >= 0.3 is 6.18 Å². The zero-order valence-electron chi connectivity index (χ0n) is 10.7. The van der Waals surface area contributed by atoms with Crippen LogP contribution in [-0.4, -0.2) is 34.8 Å². The highest BCUT2D eigenvalue weighted by Gasteiger charge is 2.38. The molecule has 0 radical (unpaired) electrons. The number of nitrogens with zero attached hydrogens (tertiary/aromatic N) is 7. The molecular weight excluding hydrogens is 299 g/mol. The highest BCUT2D eigenvalue weighted by Crippen LogP contribution is 2.30. The zero-order valence-corrected chi connectivity index (χ0v) is 10.7. The van der Waals surface area contributed by atoms with Gasteiger partial charge in [-0.3, -0.25) is 0 Å². The molecule has 0 aliphatic heterocycles. The standard InChI is InChI=1S/C12H6F3N7/c13-12(14,15)11-17-9-8(10-18-19-20-22(10)11)6-16-21(9)7-4-2-1-3-5-7/h1-6H. The molecule has 0 saturated carbocycles. The molecular formula is C12H6F3N7. The second-order valence-corrected chi connectivity index (χ2v) is 4.48. The Balaban J connectivity index is 2.11. The normalized spacial score (nSPS) is 12.3. The van der Waals surface area contributed by atoms with Gasteiger partial charge in [-0.05, 0) is 22.6 Å². The Morgan fingerprint density at radius 1 is 1.00 bits per heavy atom. The molecule has 0 saturated heterocycles. The van der Waals surface area contributed by atoms with E-state index in [4.69, 9.17) is 0 Å². The highest BCUT2D eigenvalue weighted by atomic mass is 19.4. The maximum Gasteiger partial charge on any atom is 0.451 e. The van der Waals surface area contributed by atoms with Crippen LogP contribution in [-0.2, 0) is 6.18 Å². The van der Waals surface area contributed by atoms with Gasteiger partial charge in [0.1, 0.15) is 0 Å². The van der Waals surface area contributed by atoms with E-state index in [9.17, 15) is 13.2 Å². The lowest BCUT2D eigenvalue weighted by molar-refractivity contribution is -0.146. The van der Waals surface area contributed by atoms with E-state index in [2.05, 4.69) is 25.6 Å². The van der Waals surface area contributed by atoms with Crippen LogP contribution in [0.4, 0.5) is 13.2 Å². The molecule has 0 aliphatic carbocycles. The van der Waals surface area contributed by atoms with E-state index in [-0.39, 0.29) is 11.3 Å². The van der Waals surface area contributed by atoms with E-state index in [0.717, 1.165) is 0 Å². The largest absolute Gasteiger partial charge is 0.451 e. The summed E-state index contributed by atoms with van der Waals surface area (Å²) in [5.74, 6) is -1.20. The molecule has 4 aromatic rings. The van der Waals surface area contributed by atoms with Crippen molar-refractivity contribution in [2.75, 3.05) is 0 Å². The minimum atomic E-state index is -4.69. The molecule has 0 atom stereocenters. The molecule has 10 heteroatoms. The maximum absolute atomic E-state index is 13.2. The van der Waals surface area contributed by atoms with E-state index < -0.39 is 12.0 Å². The first kappa shape index (κ1) is 12.7. The predicted molar refractivity (Wildman–Crippen MR) is 68.2 cm³/mol. The molecule has 0 N–H and O–H groups in total. The van der Waals surface area contributed by atoms with Crippen LogP contribution >= 0.6 is 0 Å². The fraction of sp³-hybridized carbons (Fsp3) is 0.0833. The van der Waals surface area contributed by atoms with Gasteiger partial charge in [0.2, 0.25) is 5.82 Å². The van der Waals surface area contributed by atoms with Crippen LogP contribution in [0.3, 0.4) is 0 Å². The number of hydrogen-bond donors (Lipinski definition) is 0. The molecule has 3 heterocycles. The monoisotopic (exact) mass is 305 g/mol. The summed E-state index contributed by atoms with van der Waals surface area (Å²) in [6.45, 7) is 0. The van der Waals surface area contributed by atoms with Crippen molar-refractivity contribution < 1.29 is 13.2 Å². The average Bonchev–Trinajstić information content (AvgIpc) is 3.12. The van der Waals surface area contributed by atoms with Gasteiger partial charge in [0.15, 0.2) is 11.3 Å². The first-order chi connectivity index (χ1) is 10.6. The zero-order chi connectivity index (χ0) is 15.3. The highest BCUT2D eigenvalue weighted by molar-refractivity contribution is 5.89. The van der Waals surface area contributed by atoms with Crippen LogP contribution < -0.4 is 0 Å². The maximum atomic E-state index is 13.2. The lowest BCUT2D eigenvalue weighted by atomic mass is 10.3. The predicted octanol–water partition coefficient (Wildman–Crippen LogP) is 1.88.